The molecule has 0 aliphatic carbocycles. The Bertz CT molecular complexity index is 1140. The van der Waals surface area contributed by atoms with E-state index in [2.05, 4.69) is 6.58 Å². The van der Waals surface area contributed by atoms with Gasteiger partial charge in [0, 0.05) is 12.6 Å². The summed E-state index contributed by atoms with van der Waals surface area (Å²) in [4.78, 5) is 14.0. The molecule has 0 unspecified atom stereocenters. The summed E-state index contributed by atoms with van der Waals surface area (Å²) in [5, 5.41) is 20.5. The first kappa shape index (κ1) is 28.7. The van der Waals surface area contributed by atoms with Crippen LogP contribution in [0.3, 0.4) is 0 Å². The van der Waals surface area contributed by atoms with Crippen molar-refractivity contribution in [2.24, 2.45) is 0 Å². The Morgan fingerprint density at radius 2 is 1.13 bits per heavy atom. The van der Waals surface area contributed by atoms with Crippen LogP contribution in [0, 0.1) is 0 Å². The van der Waals surface area contributed by atoms with Crippen molar-refractivity contribution < 1.29 is 29.2 Å². The van der Waals surface area contributed by atoms with E-state index >= 15 is 0 Å². The van der Waals surface area contributed by atoms with E-state index in [1.54, 1.807) is 6.08 Å². The number of rotatable bonds is 14. The molecule has 1 aliphatic rings. The lowest BCUT2D eigenvalue weighted by molar-refractivity contribution is -0.226. The van der Waals surface area contributed by atoms with Gasteiger partial charge in [-0.15, -0.1) is 6.58 Å². The lowest BCUT2D eigenvalue weighted by Crippen LogP contribution is -2.69. The summed E-state index contributed by atoms with van der Waals surface area (Å²) < 4.78 is 19.5. The van der Waals surface area contributed by atoms with Crippen LogP contribution in [0.2, 0.25) is 0 Å². The molecule has 5 atom stereocenters. The number of carbonyl (C=O) groups is 1. The van der Waals surface area contributed by atoms with Gasteiger partial charge in [-0.3, -0.25) is 9.69 Å². The fourth-order valence-electron chi connectivity index (χ4n) is 5.19. The molecule has 39 heavy (non-hydrogen) atoms. The van der Waals surface area contributed by atoms with E-state index in [1.807, 2.05) is 95.9 Å². The quantitative estimate of drug-likeness (QED) is 0.297. The first-order chi connectivity index (χ1) is 19.1. The number of aliphatic hydroxyl groups excluding tert-OH is 1. The smallest absolute Gasteiger partial charge is 0.305 e. The van der Waals surface area contributed by atoms with Gasteiger partial charge >= 0.3 is 5.97 Å². The average Bonchev–Trinajstić information content (AvgIpc) is 2.97. The van der Waals surface area contributed by atoms with Gasteiger partial charge in [-0.2, -0.15) is 0 Å². The SMILES string of the molecule is C=CCN1[C@H](CC(=O)O)[C@H](OCc2ccccc2)[C@@H](OCc2ccccc2)[C@H](OCc2ccccc2)[C@H]1CO. The molecular weight excluding hydrogens is 494 g/mol. The Morgan fingerprint density at radius 1 is 0.718 bits per heavy atom. The number of aliphatic hydroxyl groups is 1. The Hall–Kier alpha value is -3.33. The molecule has 3 aromatic rings. The highest BCUT2D eigenvalue weighted by molar-refractivity contribution is 5.67. The van der Waals surface area contributed by atoms with E-state index < -0.39 is 36.4 Å². The molecule has 1 aliphatic heterocycles. The van der Waals surface area contributed by atoms with Crippen molar-refractivity contribution in [3.05, 3.63) is 120 Å². The summed E-state index contributed by atoms with van der Waals surface area (Å²) in [6.45, 7) is 4.90. The van der Waals surface area contributed by atoms with Crippen LogP contribution in [-0.2, 0) is 38.8 Å². The van der Waals surface area contributed by atoms with Crippen molar-refractivity contribution in [3.63, 3.8) is 0 Å². The predicted octanol–water partition coefficient (Wildman–Crippen LogP) is 4.45. The molecule has 4 rings (SSSR count). The minimum absolute atomic E-state index is 0.180. The number of ether oxygens (including phenoxy) is 3. The van der Waals surface area contributed by atoms with Gasteiger partial charge < -0.3 is 24.4 Å². The van der Waals surface area contributed by atoms with Crippen LogP contribution >= 0.6 is 0 Å². The number of piperidine rings is 1. The van der Waals surface area contributed by atoms with Gasteiger partial charge in [0.05, 0.1) is 38.9 Å². The molecule has 1 heterocycles. The lowest BCUT2D eigenvalue weighted by Gasteiger charge is -2.52. The molecule has 0 radical (unpaired) electrons. The fourth-order valence-corrected chi connectivity index (χ4v) is 5.19. The van der Waals surface area contributed by atoms with Crippen molar-refractivity contribution in [1.82, 2.24) is 4.90 Å². The first-order valence-electron chi connectivity index (χ1n) is 13.3. The van der Waals surface area contributed by atoms with Gasteiger partial charge in [0.15, 0.2) is 0 Å². The molecule has 0 bridgehead atoms. The molecule has 2 N–H and O–H groups in total. The van der Waals surface area contributed by atoms with Crippen LogP contribution in [0.1, 0.15) is 23.1 Å². The third-order valence-electron chi connectivity index (χ3n) is 7.02. The maximum absolute atomic E-state index is 12.1. The monoisotopic (exact) mass is 531 g/mol. The van der Waals surface area contributed by atoms with Crippen LogP contribution < -0.4 is 0 Å². The number of benzene rings is 3. The molecule has 1 fully saturated rings. The van der Waals surface area contributed by atoms with Crippen molar-refractivity contribution in [3.8, 4) is 0 Å². The van der Waals surface area contributed by atoms with E-state index in [1.165, 1.54) is 0 Å². The van der Waals surface area contributed by atoms with Gasteiger partial charge in [-0.1, -0.05) is 97.1 Å². The highest BCUT2D eigenvalue weighted by atomic mass is 16.6. The van der Waals surface area contributed by atoms with Gasteiger partial charge in [-0.25, -0.2) is 0 Å². The van der Waals surface area contributed by atoms with E-state index in [0.717, 1.165) is 16.7 Å². The minimum Gasteiger partial charge on any atom is -0.481 e. The fraction of sp³-hybridized carbons (Fsp3) is 0.344. The third kappa shape index (κ3) is 7.85. The maximum atomic E-state index is 12.1. The minimum atomic E-state index is -0.954. The summed E-state index contributed by atoms with van der Waals surface area (Å²) in [5.74, 6) is -0.954. The molecule has 1 saturated heterocycles. The van der Waals surface area contributed by atoms with Crippen molar-refractivity contribution in [2.75, 3.05) is 13.2 Å². The predicted molar refractivity (Wildman–Crippen MR) is 149 cm³/mol. The summed E-state index contributed by atoms with van der Waals surface area (Å²) in [7, 11) is 0. The molecule has 7 nitrogen and oxygen atoms in total. The molecular formula is C32H37NO6. The van der Waals surface area contributed by atoms with E-state index in [9.17, 15) is 15.0 Å². The Balaban J connectivity index is 1.70. The number of carboxylic acids is 1. The van der Waals surface area contributed by atoms with Gasteiger partial charge in [0.25, 0.3) is 0 Å². The maximum Gasteiger partial charge on any atom is 0.305 e. The number of carboxylic acid groups (broad SMARTS) is 1. The number of hydrogen-bond donors (Lipinski definition) is 2. The van der Waals surface area contributed by atoms with Crippen molar-refractivity contribution in [1.29, 1.82) is 0 Å². The van der Waals surface area contributed by atoms with Crippen LogP contribution in [0.25, 0.3) is 0 Å². The molecule has 0 aromatic heterocycles. The second kappa shape index (κ2) is 14.7. The Labute approximate surface area is 230 Å². The third-order valence-corrected chi connectivity index (χ3v) is 7.02. The van der Waals surface area contributed by atoms with Crippen LogP contribution in [0.5, 0.6) is 0 Å². The number of aliphatic carboxylic acids is 1. The molecule has 0 spiro atoms. The molecule has 0 amide bonds. The highest BCUT2D eigenvalue weighted by Crippen LogP contribution is 2.34. The first-order valence-corrected chi connectivity index (χ1v) is 13.3. The summed E-state index contributed by atoms with van der Waals surface area (Å²) in [6.07, 6.45) is -0.343. The van der Waals surface area contributed by atoms with Gasteiger partial charge in [-0.05, 0) is 16.7 Å². The summed E-state index contributed by atoms with van der Waals surface area (Å²) >= 11 is 0. The lowest BCUT2D eigenvalue weighted by atomic mass is 9.85. The number of likely N-dealkylation sites (tertiary alicyclic amines) is 1. The van der Waals surface area contributed by atoms with E-state index in [4.69, 9.17) is 14.2 Å². The van der Waals surface area contributed by atoms with Crippen molar-refractivity contribution in [2.45, 2.75) is 56.6 Å². The second-order valence-corrected chi connectivity index (χ2v) is 9.68. The summed E-state index contributed by atoms with van der Waals surface area (Å²) in [5.41, 5.74) is 2.93. The Kier molecular flexibility index (Phi) is 10.8. The van der Waals surface area contributed by atoms with Crippen LogP contribution in [0.15, 0.2) is 104 Å². The second-order valence-electron chi connectivity index (χ2n) is 9.68. The Morgan fingerprint density at radius 3 is 1.51 bits per heavy atom. The zero-order valence-corrected chi connectivity index (χ0v) is 22.0. The van der Waals surface area contributed by atoms with E-state index in [0.29, 0.717) is 19.8 Å². The van der Waals surface area contributed by atoms with Gasteiger partial charge in [0.1, 0.15) is 18.3 Å². The molecule has 7 heteroatoms. The normalized spacial score (nSPS) is 23.4. The molecule has 3 aromatic carbocycles. The van der Waals surface area contributed by atoms with E-state index in [-0.39, 0.29) is 19.6 Å². The highest BCUT2D eigenvalue weighted by Gasteiger charge is 2.51. The standard InChI is InChI=1S/C32H37NO6/c1-2-18-33-27(19-29(35)36)30(37-21-24-12-6-3-7-13-24)32(39-23-26-16-10-5-11-17-26)31(28(33)20-34)38-22-25-14-8-4-9-15-25/h2-17,27-28,30-32,34H,1,18-23H2,(H,35,36)/t27-,28-,30+,31-,32-/m1/s1. The van der Waals surface area contributed by atoms with Gasteiger partial charge in [0.2, 0.25) is 0 Å². The zero-order chi connectivity index (χ0) is 27.5. The summed E-state index contributed by atoms with van der Waals surface area (Å²) in [6, 6.07) is 28.3. The molecule has 0 saturated carbocycles. The molecule has 206 valence electrons. The zero-order valence-electron chi connectivity index (χ0n) is 22.0. The largest absolute Gasteiger partial charge is 0.481 e. The topological polar surface area (TPSA) is 88.5 Å². The van der Waals surface area contributed by atoms with Crippen LogP contribution in [-0.4, -0.2) is 64.6 Å². The number of nitrogens with zero attached hydrogens (tertiary/aromatic N) is 1. The number of hydrogen-bond acceptors (Lipinski definition) is 6. The average molecular weight is 532 g/mol. The van der Waals surface area contributed by atoms with Crippen LogP contribution in [0.4, 0.5) is 0 Å². The van der Waals surface area contributed by atoms with Crippen molar-refractivity contribution >= 4 is 5.97 Å².